The second kappa shape index (κ2) is 2.96. The molecule has 0 saturated carbocycles. The molecule has 3 nitrogen and oxygen atoms in total. The molecule has 10 heavy (non-hydrogen) atoms. The van der Waals surface area contributed by atoms with Crippen molar-refractivity contribution in [1.29, 1.82) is 0 Å². The maximum Gasteiger partial charge on any atom is 0.247 e. The molecule has 54 valence electrons. The molecule has 1 rings (SSSR count). The lowest BCUT2D eigenvalue weighted by molar-refractivity contribution is -0.428. The van der Waals surface area contributed by atoms with Gasteiger partial charge in [-0.25, -0.2) is 0 Å². The molecule has 0 saturated heterocycles. The molecule has 0 heterocycles. The van der Waals surface area contributed by atoms with E-state index in [0.29, 0.717) is 6.42 Å². The molecule has 0 fully saturated rings. The maximum atomic E-state index is 10.2. The van der Waals surface area contributed by atoms with Crippen LogP contribution in [-0.4, -0.2) is 4.92 Å². The number of halogens is 1. The van der Waals surface area contributed by atoms with Gasteiger partial charge in [-0.2, -0.15) is 0 Å². The first-order chi connectivity index (χ1) is 4.70. The Balaban J connectivity index is 2.78. The Hall–Kier alpha value is -0.640. The zero-order chi connectivity index (χ0) is 7.56. The second-order valence-electron chi connectivity index (χ2n) is 2.02. The minimum absolute atomic E-state index is 0.286. The van der Waals surface area contributed by atoms with E-state index in [1.54, 1.807) is 6.08 Å². The SMILES string of the molecule is O=[N+]([O-])C1=CC(Br)=CCC1. The summed E-state index contributed by atoms with van der Waals surface area (Å²) in [5, 5.41) is 10.2. The topological polar surface area (TPSA) is 43.1 Å². The minimum Gasteiger partial charge on any atom is -0.259 e. The molecule has 0 aliphatic heterocycles. The van der Waals surface area contributed by atoms with E-state index in [1.807, 2.05) is 6.08 Å². The van der Waals surface area contributed by atoms with Crippen molar-refractivity contribution >= 4 is 15.9 Å². The van der Waals surface area contributed by atoms with Crippen molar-refractivity contribution in [2.24, 2.45) is 0 Å². The van der Waals surface area contributed by atoms with Crippen molar-refractivity contribution in [3.8, 4) is 0 Å². The van der Waals surface area contributed by atoms with Gasteiger partial charge in [0, 0.05) is 17.0 Å². The van der Waals surface area contributed by atoms with E-state index in [1.165, 1.54) is 0 Å². The Labute approximate surface area is 66.7 Å². The van der Waals surface area contributed by atoms with Crippen LogP contribution in [0, 0.1) is 10.1 Å². The highest BCUT2D eigenvalue weighted by Gasteiger charge is 2.12. The predicted octanol–water partition coefficient (Wildman–Crippen LogP) is 2.22. The van der Waals surface area contributed by atoms with Gasteiger partial charge in [0.1, 0.15) is 0 Å². The maximum absolute atomic E-state index is 10.2. The molecule has 0 spiro atoms. The van der Waals surface area contributed by atoms with Crippen molar-refractivity contribution in [1.82, 2.24) is 0 Å². The van der Waals surface area contributed by atoms with E-state index in [4.69, 9.17) is 0 Å². The van der Waals surface area contributed by atoms with Crippen LogP contribution in [0.25, 0.3) is 0 Å². The van der Waals surface area contributed by atoms with E-state index < -0.39 is 0 Å². The van der Waals surface area contributed by atoms with E-state index in [0.717, 1.165) is 10.9 Å². The molecular formula is C6H6BrNO2. The van der Waals surface area contributed by atoms with Gasteiger partial charge >= 0.3 is 0 Å². The zero-order valence-corrected chi connectivity index (χ0v) is 6.80. The third kappa shape index (κ3) is 1.67. The average molecular weight is 204 g/mol. The average Bonchev–Trinajstić information content (AvgIpc) is 1.88. The smallest absolute Gasteiger partial charge is 0.247 e. The number of hydrogen-bond donors (Lipinski definition) is 0. The summed E-state index contributed by atoms with van der Waals surface area (Å²) in [6.45, 7) is 0. The Morgan fingerprint density at radius 3 is 2.80 bits per heavy atom. The third-order valence-corrected chi connectivity index (χ3v) is 1.83. The first kappa shape index (κ1) is 7.47. The minimum atomic E-state index is -0.339. The standard InChI is InChI=1S/C6H6BrNO2/c7-5-2-1-3-6(4-5)8(9)10/h2,4H,1,3H2. The molecule has 0 aromatic rings. The highest BCUT2D eigenvalue weighted by atomic mass is 79.9. The summed E-state index contributed by atoms with van der Waals surface area (Å²) in [7, 11) is 0. The summed E-state index contributed by atoms with van der Waals surface area (Å²) in [6.07, 6.45) is 4.77. The molecule has 0 unspecified atom stereocenters. The van der Waals surface area contributed by atoms with Crippen LogP contribution >= 0.6 is 15.9 Å². The van der Waals surface area contributed by atoms with Gasteiger partial charge in [0.15, 0.2) is 0 Å². The van der Waals surface area contributed by atoms with Crippen LogP contribution in [0.5, 0.6) is 0 Å². The third-order valence-electron chi connectivity index (χ3n) is 1.28. The number of rotatable bonds is 1. The highest BCUT2D eigenvalue weighted by Crippen LogP contribution is 2.20. The summed E-state index contributed by atoms with van der Waals surface area (Å²) < 4.78 is 0.811. The van der Waals surface area contributed by atoms with E-state index in [9.17, 15) is 10.1 Å². The van der Waals surface area contributed by atoms with Gasteiger partial charge in [0.05, 0.1) is 4.92 Å². The van der Waals surface area contributed by atoms with Gasteiger partial charge in [-0.3, -0.25) is 10.1 Å². The van der Waals surface area contributed by atoms with Crippen molar-refractivity contribution in [2.45, 2.75) is 12.8 Å². The van der Waals surface area contributed by atoms with Crippen LogP contribution in [0.3, 0.4) is 0 Å². The van der Waals surface area contributed by atoms with E-state index in [-0.39, 0.29) is 10.6 Å². The Bertz CT molecular complexity index is 220. The van der Waals surface area contributed by atoms with Crippen molar-refractivity contribution < 1.29 is 4.92 Å². The fraction of sp³-hybridized carbons (Fsp3) is 0.333. The lowest BCUT2D eigenvalue weighted by Crippen LogP contribution is -2.00. The van der Waals surface area contributed by atoms with Gasteiger partial charge in [-0.05, 0) is 6.42 Å². The number of hydrogen-bond acceptors (Lipinski definition) is 2. The Morgan fingerprint density at radius 2 is 2.40 bits per heavy atom. The van der Waals surface area contributed by atoms with Crippen molar-refractivity contribution in [3.05, 3.63) is 32.4 Å². The largest absolute Gasteiger partial charge is 0.259 e. The summed E-state index contributed by atoms with van der Waals surface area (Å²) >= 11 is 3.18. The van der Waals surface area contributed by atoms with Crippen molar-refractivity contribution in [2.75, 3.05) is 0 Å². The first-order valence-electron chi connectivity index (χ1n) is 2.91. The molecule has 0 aromatic carbocycles. The monoisotopic (exact) mass is 203 g/mol. The van der Waals surface area contributed by atoms with Crippen LogP contribution in [0.15, 0.2) is 22.3 Å². The molecule has 0 radical (unpaired) electrons. The fourth-order valence-electron chi connectivity index (χ4n) is 0.792. The molecule has 1 aliphatic rings. The molecule has 1 aliphatic carbocycles. The molecular weight excluding hydrogens is 198 g/mol. The van der Waals surface area contributed by atoms with Crippen LogP contribution < -0.4 is 0 Å². The lowest BCUT2D eigenvalue weighted by Gasteiger charge is -2.01. The van der Waals surface area contributed by atoms with Crippen LogP contribution in [0.2, 0.25) is 0 Å². The second-order valence-corrected chi connectivity index (χ2v) is 2.94. The van der Waals surface area contributed by atoms with Crippen LogP contribution in [-0.2, 0) is 0 Å². The molecule has 0 N–H and O–H groups in total. The predicted molar refractivity (Wildman–Crippen MR) is 41.3 cm³/mol. The quantitative estimate of drug-likeness (QED) is 0.485. The van der Waals surface area contributed by atoms with E-state index in [2.05, 4.69) is 15.9 Å². The normalized spacial score (nSPS) is 17.7. The molecule has 0 atom stereocenters. The van der Waals surface area contributed by atoms with Crippen molar-refractivity contribution in [3.63, 3.8) is 0 Å². The Morgan fingerprint density at radius 1 is 1.70 bits per heavy atom. The fourth-order valence-corrected chi connectivity index (χ4v) is 1.29. The van der Waals surface area contributed by atoms with E-state index >= 15 is 0 Å². The van der Waals surface area contributed by atoms with Gasteiger partial charge in [0.25, 0.3) is 0 Å². The first-order valence-corrected chi connectivity index (χ1v) is 3.70. The van der Waals surface area contributed by atoms with Gasteiger partial charge in [-0.1, -0.05) is 22.0 Å². The summed E-state index contributed by atoms with van der Waals surface area (Å²) in [5.41, 5.74) is 0.286. The molecule has 0 bridgehead atoms. The zero-order valence-electron chi connectivity index (χ0n) is 5.21. The van der Waals surface area contributed by atoms with Crippen LogP contribution in [0.4, 0.5) is 0 Å². The highest BCUT2D eigenvalue weighted by molar-refractivity contribution is 9.11. The summed E-state index contributed by atoms with van der Waals surface area (Å²) in [5.74, 6) is 0. The van der Waals surface area contributed by atoms with Crippen LogP contribution in [0.1, 0.15) is 12.8 Å². The lowest BCUT2D eigenvalue weighted by atomic mass is 10.1. The number of nitrogens with zero attached hydrogens (tertiary/aromatic N) is 1. The molecule has 4 heteroatoms. The number of allylic oxidation sites excluding steroid dienone is 4. The summed E-state index contributed by atoms with van der Waals surface area (Å²) in [4.78, 5) is 9.85. The molecule has 0 aromatic heterocycles. The molecule has 0 amide bonds. The van der Waals surface area contributed by atoms with Gasteiger partial charge < -0.3 is 0 Å². The Kier molecular flexibility index (Phi) is 2.21. The summed E-state index contributed by atoms with van der Waals surface area (Å²) in [6, 6.07) is 0. The van der Waals surface area contributed by atoms with Gasteiger partial charge in [0.2, 0.25) is 5.70 Å². The van der Waals surface area contributed by atoms with Gasteiger partial charge in [-0.15, -0.1) is 0 Å². The number of nitro groups is 1.